The maximum Gasteiger partial charge on any atom is 0.294 e. The molecule has 0 spiro atoms. The average Bonchev–Trinajstić information content (AvgIpc) is 3.01. The highest BCUT2D eigenvalue weighted by atomic mass is 32.2. The van der Waals surface area contributed by atoms with Gasteiger partial charge >= 0.3 is 0 Å². The Morgan fingerprint density at radius 2 is 1.76 bits per heavy atom. The van der Waals surface area contributed by atoms with Crippen molar-refractivity contribution in [2.75, 3.05) is 6.61 Å². The second kappa shape index (κ2) is 7.58. The van der Waals surface area contributed by atoms with E-state index in [0.29, 0.717) is 13.0 Å². The number of ether oxygens (including phenoxy) is 1. The van der Waals surface area contributed by atoms with E-state index in [2.05, 4.69) is 52.0 Å². The third-order valence-corrected chi connectivity index (χ3v) is 6.33. The van der Waals surface area contributed by atoms with Crippen molar-refractivity contribution in [3.8, 4) is 0 Å². The summed E-state index contributed by atoms with van der Waals surface area (Å²) >= 11 is 0. The van der Waals surface area contributed by atoms with Gasteiger partial charge in [0.2, 0.25) is 0 Å². The van der Waals surface area contributed by atoms with E-state index >= 15 is 0 Å². The lowest BCUT2D eigenvalue weighted by Crippen LogP contribution is -2.29. The molecule has 0 atom stereocenters. The van der Waals surface area contributed by atoms with Crippen molar-refractivity contribution in [2.45, 2.75) is 63.3 Å². The first kappa shape index (κ1) is 21.5. The van der Waals surface area contributed by atoms with Crippen LogP contribution in [0.25, 0.3) is 0 Å². The van der Waals surface area contributed by atoms with Gasteiger partial charge in [0.25, 0.3) is 10.1 Å². The lowest BCUT2D eigenvalue weighted by atomic mass is 9.83. The van der Waals surface area contributed by atoms with Crippen LogP contribution in [0.15, 0.2) is 52.4 Å². The minimum absolute atomic E-state index is 0.0598. The molecule has 0 fully saturated rings. The van der Waals surface area contributed by atoms with E-state index in [4.69, 9.17) is 9.73 Å². The molecule has 1 heterocycles. The zero-order valence-electron chi connectivity index (χ0n) is 17.7. The molecule has 29 heavy (non-hydrogen) atoms. The van der Waals surface area contributed by atoms with E-state index in [0.717, 1.165) is 34.6 Å². The van der Waals surface area contributed by atoms with Crippen molar-refractivity contribution in [3.05, 3.63) is 64.7 Å². The summed E-state index contributed by atoms with van der Waals surface area (Å²) < 4.78 is 37.9. The van der Waals surface area contributed by atoms with Crippen molar-refractivity contribution in [1.29, 1.82) is 0 Å². The molecule has 2 aromatic rings. The van der Waals surface area contributed by atoms with Crippen LogP contribution in [0.2, 0.25) is 0 Å². The minimum atomic E-state index is -4.19. The highest BCUT2D eigenvalue weighted by Gasteiger charge is 2.36. The highest BCUT2D eigenvalue weighted by molar-refractivity contribution is 7.85. The maximum absolute atomic E-state index is 11.4. The molecule has 0 saturated heterocycles. The normalized spacial score (nSPS) is 16.4. The van der Waals surface area contributed by atoms with Gasteiger partial charge in [-0.25, -0.2) is 4.99 Å². The number of hydrogen-bond donors (Lipinski definition) is 1. The summed E-state index contributed by atoms with van der Waals surface area (Å²) in [5.74, 6) is 0.771. The topological polar surface area (TPSA) is 76.0 Å². The SMILES string of the molecule is Cc1ccc(S(=O)(=O)O)cc1CCc1ccc(C(C)(C)C2=NC(C)(C)CO2)cc1. The summed E-state index contributed by atoms with van der Waals surface area (Å²) in [4.78, 5) is 4.67. The molecule has 1 aliphatic rings. The van der Waals surface area contributed by atoms with Crippen molar-refractivity contribution in [1.82, 2.24) is 0 Å². The molecule has 3 rings (SSSR count). The largest absolute Gasteiger partial charge is 0.478 e. The van der Waals surface area contributed by atoms with Crippen LogP contribution in [0, 0.1) is 6.92 Å². The van der Waals surface area contributed by atoms with Gasteiger partial charge in [-0.1, -0.05) is 30.3 Å². The predicted octanol–water partition coefficient (Wildman–Crippen LogP) is 4.51. The van der Waals surface area contributed by atoms with Crippen molar-refractivity contribution < 1.29 is 17.7 Å². The molecule has 0 saturated carbocycles. The van der Waals surface area contributed by atoms with Gasteiger partial charge in [0.05, 0.1) is 15.8 Å². The molecular weight excluding hydrogens is 386 g/mol. The van der Waals surface area contributed by atoms with Crippen LogP contribution < -0.4 is 0 Å². The number of rotatable bonds is 6. The van der Waals surface area contributed by atoms with Crippen LogP contribution in [0.4, 0.5) is 0 Å². The van der Waals surface area contributed by atoms with Gasteiger partial charge in [-0.15, -0.1) is 0 Å². The fourth-order valence-electron chi connectivity index (χ4n) is 3.47. The molecule has 1 aliphatic heterocycles. The van der Waals surface area contributed by atoms with Crippen LogP contribution in [-0.2, 0) is 33.1 Å². The summed E-state index contributed by atoms with van der Waals surface area (Å²) in [6.07, 6.45) is 1.48. The fourth-order valence-corrected chi connectivity index (χ4v) is 4.00. The summed E-state index contributed by atoms with van der Waals surface area (Å²) in [6.45, 7) is 10.9. The zero-order valence-corrected chi connectivity index (χ0v) is 18.5. The third-order valence-electron chi connectivity index (χ3n) is 5.48. The number of aliphatic imine (C=N–C) groups is 1. The maximum atomic E-state index is 11.4. The second-order valence-corrected chi connectivity index (χ2v) is 10.3. The molecule has 156 valence electrons. The lowest BCUT2D eigenvalue weighted by Gasteiger charge is -2.24. The highest BCUT2D eigenvalue weighted by Crippen LogP contribution is 2.31. The average molecular weight is 416 g/mol. The minimum Gasteiger partial charge on any atom is -0.478 e. The Kier molecular flexibility index (Phi) is 5.62. The van der Waals surface area contributed by atoms with E-state index < -0.39 is 10.1 Å². The first-order valence-corrected chi connectivity index (χ1v) is 11.2. The van der Waals surface area contributed by atoms with Gasteiger partial charge in [-0.2, -0.15) is 8.42 Å². The van der Waals surface area contributed by atoms with Gasteiger partial charge in [-0.05, 0) is 81.8 Å². The summed E-state index contributed by atoms with van der Waals surface area (Å²) in [5, 5.41) is 0. The molecule has 0 aliphatic carbocycles. The molecule has 0 radical (unpaired) electrons. The molecule has 0 unspecified atom stereocenters. The lowest BCUT2D eigenvalue weighted by molar-refractivity contribution is 0.263. The Morgan fingerprint density at radius 1 is 1.10 bits per heavy atom. The molecule has 5 nitrogen and oxygen atoms in total. The summed E-state index contributed by atoms with van der Waals surface area (Å²) in [7, 11) is -4.19. The second-order valence-electron chi connectivity index (χ2n) is 8.90. The zero-order chi connectivity index (χ0) is 21.4. The number of nitrogens with zero attached hydrogens (tertiary/aromatic N) is 1. The Morgan fingerprint density at radius 3 is 2.31 bits per heavy atom. The van der Waals surface area contributed by atoms with Crippen molar-refractivity contribution in [3.63, 3.8) is 0 Å². The molecule has 0 amide bonds. The molecule has 2 aromatic carbocycles. The standard InChI is InChI=1S/C23H29NO4S/c1-16-6-13-20(29(25,26)27)14-18(16)10-7-17-8-11-19(12-9-17)23(4,5)21-24-22(2,3)15-28-21/h6,8-9,11-14H,7,10,15H2,1-5H3,(H,25,26,27). The van der Waals surface area contributed by atoms with Crippen LogP contribution in [0.1, 0.15) is 49.9 Å². The Bertz CT molecular complexity index is 1040. The van der Waals surface area contributed by atoms with Crippen LogP contribution in [0.3, 0.4) is 0 Å². The van der Waals surface area contributed by atoms with E-state index in [9.17, 15) is 13.0 Å². The quantitative estimate of drug-likeness (QED) is 0.704. The van der Waals surface area contributed by atoms with Gasteiger partial charge in [-0.3, -0.25) is 4.55 Å². The number of benzene rings is 2. The predicted molar refractivity (Wildman–Crippen MR) is 115 cm³/mol. The third kappa shape index (κ3) is 4.87. The monoisotopic (exact) mass is 415 g/mol. The van der Waals surface area contributed by atoms with Gasteiger partial charge < -0.3 is 4.74 Å². The fraction of sp³-hybridized carbons (Fsp3) is 0.435. The molecule has 0 aromatic heterocycles. The van der Waals surface area contributed by atoms with E-state index in [1.54, 1.807) is 12.1 Å². The van der Waals surface area contributed by atoms with E-state index in [1.165, 1.54) is 6.07 Å². The smallest absolute Gasteiger partial charge is 0.294 e. The summed E-state index contributed by atoms with van der Waals surface area (Å²) in [5.41, 5.74) is 3.75. The van der Waals surface area contributed by atoms with Crippen LogP contribution in [0.5, 0.6) is 0 Å². The van der Waals surface area contributed by atoms with E-state index in [1.807, 2.05) is 6.92 Å². The number of hydrogen-bond acceptors (Lipinski definition) is 4. The Hall–Kier alpha value is -2.18. The number of aryl methyl sites for hydroxylation is 3. The first-order valence-electron chi connectivity index (χ1n) is 9.78. The molecule has 6 heteroatoms. The molecule has 0 bridgehead atoms. The first-order chi connectivity index (χ1) is 13.4. The van der Waals surface area contributed by atoms with Crippen LogP contribution >= 0.6 is 0 Å². The van der Waals surface area contributed by atoms with Gasteiger partial charge in [0.1, 0.15) is 6.61 Å². The molecular formula is C23H29NO4S. The van der Waals surface area contributed by atoms with E-state index in [-0.39, 0.29) is 15.8 Å². The Labute approximate surface area is 173 Å². The summed E-state index contributed by atoms with van der Waals surface area (Å²) in [6, 6.07) is 13.1. The molecule has 1 N–H and O–H groups in total. The van der Waals surface area contributed by atoms with Crippen LogP contribution in [-0.4, -0.2) is 31.0 Å². The van der Waals surface area contributed by atoms with Gasteiger partial charge in [0.15, 0.2) is 5.90 Å². The van der Waals surface area contributed by atoms with Crippen molar-refractivity contribution in [2.24, 2.45) is 4.99 Å². The van der Waals surface area contributed by atoms with Gasteiger partial charge in [0, 0.05) is 0 Å². The Balaban J connectivity index is 1.74. The van der Waals surface area contributed by atoms with Crippen molar-refractivity contribution >= 4 is 16.0 Å².